The van der Waals surface area contributed by atoms with Crippen LogP contribution in [0, 0.1) is 0 Å². The molecule has 2 heterocycles. The van der Waals surface area contributed by atoms with Crippen LogP contribution in [0.4, 0.5) is 0 Å². The molecule has 0 radical (unpaired) electrons. The number of carbonyl (C=O) groups excluding carboxylic acids is 1. The topological polar surface area (TPSA) is 57.9 Å². The van der Waals surface area contributed by atoms with Crippen LogP contribution in [0.15, 0.2) is 65.1 Å². The molecule has 0 spiro atoms. The van der Waals surface area contributed by atoms with Gasteiger partial charge in [0.15, 0.2) is 11.5 Å². The third kappa shape index (κ3) is 2.53. The molecule has 6 rings (SSSR count). The van der Waals surface area contributed by atoms with E-state index in [0.29, 0.717) is 17.1 Å². The normalized spacial score (nSPS) is 13.0. The molecule has 1 aliphatic rings. The van der Waals surface area contributed by atoms with Gasteiger partial charge in [0, 0.05) is 21.9 Å². The zero-order valence-electron chi connectivity index (χ0n) is 17.0. The predicted octanol–water partition coefficient (Wildman–Crippen LogP) is 6.09. The number of fused-ring (bicyclic) bond motifs is 5. The average Bonchev–Trinajstić information content (AvgIpc) is 3.36. The molecule has 0 N–H and O–H groups in total. The van der Waals surface area contributed by atoms with Crippen LogP contribution in [0.2, 0.25) is 0 Å². The van der Waals surface area contributed by atoms with Crippen molar-refractivity contribution >= 4 is 38.7 Å². The lowest BCUT2D eigenvalue weighted by molar-refractivity contribution is 0.0535. The zero-order valence-corrected chi connectivity index (χ0v) is 17.0. The molecule has 5 nitrogen and oxygen atoms in total. The fraction of sp³-hybridized carbons (Fsp3) is 0.115. The minimum absolute atomic E-state index is 0.266. The maximum atomic E-state index is 12.7. The van der Waals surface area contributed by atoms with Crippen LogP contribution >= 0.6 is 0 Å². The highest BCUT2D eigenvalue weighted by Gasteiger charge is 2.28. The molecule has 0 atom stereocenters. The van der Waals surface area contributed by atoms with E-state index in [-0.39, 0.29) is 12.6 Å². The zero-order chi connectivity index (χ0) is 21.1. The van der Waals surface area contributed by atoms with Crippen LogP contribution in [0.25, 0.3) is 43.8 Å². The molecule has 152 valence electrons. The van der Waals surface area contributed by atoms with E-state index in [1.54, 1.807) is 14.2 Å². The maximum Gasteiger partial charge on any atom is 0.339 e. The van der Waals surface area contributed by atoms with Crippen molar-refractivity contribution < 1.29 is 23.4 Å². The van der Waals surface area contributed by atoms with E-state index >= 15 is 0 Å². The van der Waals surface area contributed by atoms with Gasteiger partial charge in [0.25, 0.3) is 0 Å². The fourth-order valence-corrected chi connectivity index (χ4v) is 4.53. The summed E-state index contributed by atoms with van der Waals surface area (Å²) in [6.07, 6.45) is 0. The minimum atomic E-state index is -0.307. The van der Waals surface area contributed by atoms with Crippen LogP contribution in [-0.2, 0) is 11.3 Å². The second-order valence-electron chi connectivity index (χ2n) is 7.60. The Morgan fingerprint density at radius 2 is 1.55 bits per heavy atom. The first-order valence-corrected chi connectivity index (χ1v) is 9.98. The molecule has 31 heavy (non-hydrogen) atoms. The number of carbonyl (C=O) groups is 1. The van der Waals surface area contributed by atoms with Gasteiger partial charge >= 0.3 is 5.97 Å². The van der Waals surface area contributed by atoms with Gasteiger partial charge in [0.1, 0.15) is 17.8 Å². The molecule has 0 saturated heterocycles. The van der Waals surface area contributed by atoms with Crippen molar-refractivity contribution in [3.05, 3.63) is 71.8 Å². The molecule has 0 aliphatic carbocycles. The average molecular weight is 410 g/mol. The summed E-state index contributed by atoms with van der Waals surface area (Å²) in [7, 11) is 3.22. The fourth-order valence-electron chi connectivity index (χ4n) is 4.53. The number of methoxy groups -OCH3 is 2. The maximum absolute atomic E-state index is 12.7. The van der Waals surface area contributed by atoms with E-state index in [4.69, 9.17) is 18.6 Å². The number of esters is 1. The molecule has 0 saturated carbocycles. The van der Waals surface area contributed by atoms with E-state index in [9.17, 15) is 4.79 Å². The summed E-state index contributed by atoms with van der Waals surface area (Å²) in [4.78, 5) is 12.7. The quantitative estimate of drug-likeness (QED) is 0.337. The Morgan fingerprint density at radius 1 is 0.774 bits per heavy atom. The number of hydrogen-bond donors (Lipinski definition) is 0. The number of ether oxygens (including phenoxy) is 3. The van der Waals surface area contributed by atoms with E-state index in [0.717, 1.165) is 49.4 Å². The number of rotatable bonds is 3. The van der Waals surface area contributed by atoms with E-state index < -0.39 is 0 Å². The largest absolute Gasteiger partial charge is 0.493 e. The van der Waals surface area contributed by atoms with Crippen molar-refractivity contribution in [2.75, 3.05) is 14.2 Å². The first-order chi connectivity index (χ1) is 15.2. The van der Waals surface area contributed by atoms with Gasteiger partial charge < -0.3 is 18.6 Å². The van der Waals surface area contributed by atoms with Gasteiger partial charge in [-0.1, -0.05) is 24.3 Å². The Bertz CT molecular complexity index is 1530. The molecule has 1 aliphatic heterocycles. The molecule has 0 amide bonds. The lowest BCUT2D eigenvalue weighted by Crippen LogP contribution is -1.99. The predicted molar refractivity (Wildman–Crippen MR) is 119 cm³/mol. The lowest BCUT2D eigenvalue weighted by Gasteiger charge is -2.15. The molecular weight excluding hydrogens is 392 g/mol. The smallest absolute Gasteiger partial charge is 0.339 e. The summed E-state index contributed by atoms with van der Waals surface area (Å²) in [6, 6.07) is 19.8. The molecular formula is C26H18O5. The van der Waals surface area contributed by atoms with Gasteiger partial charge in [-0.25, -0.2) is 4.79 Å². The van der Waals surface area contributed by atoms with Gasteiger partial charge in [0.2, 0.25) is 0 Å². The highest BCUT2D eigenvalue weighted by atomic mass is 16.5. The van der Waals surface area contributed by atoms with Crippen molar-refractivity contribution in [1.82, 2.24) is 0 Å². The van der Waals surface area contributed by atoms with Crippen LogP contribution in [0.1, 0.15) is 15.9 Å². The van der Waals surface area contributed by atoms with Crippen molar-refractivity contribution in [3.8, 4) is 22.6 Å². The first-order valence-electron chi connectivity index (χ1n) is 9.98. The Balaban J connectivity index is 1.72. The standard InChI is InChI=1S/C26H18O5/c1-28-22-11-15-9-16-13-30-26(27)25(16)24(18(15)12-23(22)29-2)14-7-8-21-19(10-14)17-5-3-4-6-20(17)31-21/h3-12H,13H2,1-2H3. The van der Waals surface area contributed by atoms with Gasteiger partial charge in [-0.3, -0.25) is 0 Å². The highest BCUT2D eigenvalue weighted by molar-refractivity contribution is 6.13. The molecule has 0 bridgehead atoms. The Labute approximate surface area is 177 Å². The lowest BCUT2D eigenvalue weighted by atomic mass is 9.89. The number of furan rings is 1. The summed E-state index contributed by atoms with van der Waals surface area (Å²) in [5.41, 5.74) is 4.88. The SMILES string of the molecule is COc1cc2cc3c(c(-c4ccc5oc6ccccc6c5c4)c2cc1OC)C(=O)OC3. The van der Waals surface area contributed by atoms with Gasteiger partial charge in [0.05, 0.1) is 19.8 Å². The second kappa shape index (κ2) is 6.51. The van der Waals surface area contributed by atoms with Crippen molar-refractivity contribution in [2.45, 2.75) is 6.61 Å². The number of benzene rings is 4. The number of para-hydroxylation sites is 1. The van der Waals surface area contributed by atoms with Gasteiger partial charge in [-0.05, 0) is 52.7 Å². The summed E-state index contributed by atoms with van der Waals surface area (Å²) < 4.78 is 22.4. The summed E-state index contributed by atoms with van der Waals surface area (Å²) >= 11 is 0. The molecule has 1 aromatic heterocycles. The van der Waals surface area contributed by atoms with Crippen LogP contribution < -0.4 is 9.47 Å². The molecule has 0 fully saturated rings. The van der Waals surface area contributed by atoms with Crippen molar-refractivity contribution in [2.24, 2.45) is 0 Å². The van der Waals surface area contributed by atoms with E-state index in [1.165, 1.54) is 0 Å². The number of hydrogen-bond acceptors (Lipinski definition) is 5. The van der Waals surface area contributed by atoms with Crippen LogP contribution in [-0.4, -0.2) is 20.2 Å². The van der Waals surface area contributed by atoms with Gasteiger partial charge in [-0.2, -0.15) is 0 Å². The molecule has 4 aromatic carbocycles. The first kappa shape index (κ1) is 17.8. The monoisotopic (exact) mass is 410 g/mol. The molecule has 0 unspecified atom stereocenters. The summed E-state index contributed by atoms with van der Waals surface area (Å²) in [6.45, 7) is 0.266. The molecule has 5 heteroatoms. The second-order valence-corrected chi connectivity index (χ2v) is 7.60. The van der Waals surface area contributed by atoms with Crippen LogP contribution in [0.5, 0.6) is 11.5 Å². The Kier molecular flexibility index (Phi) is 3.74. The van der Waals surface area contributed by atoms with E-state index in [2.05, 4.69) is 6.07 Å². The highest BCUT2D eigenvalue weighted by Crippen LogP contribution is 2.43. The van der Waals surface area contributed by atoms with Gasteiger partial charge in [-0.15, -0.1) is 0 Å². The van der Waals surface area contributed by atoms with E-state index in [1.807, 2.05) is 54.6 Å². The number of cyclic esters (lactones) is 1. The third-order valence-corrected chi connectivity index (χ3v) is 5.95. The Hall–Kier alpha value is -3.99. The van der Waals surface area contributed by atoms with Crippen molar-refractivity contribution in [1.29, 1.82) is 0 Å². The Morgan fingerprint density at radius 3 is 2.39 bits per heavy atom. The summed E-state index contributed by atoms with van der Waals surface area (Å²) in [5, 5.41) is 3.91. The third-order valence-electron chi connectivity index (χ3n) is 5.95. The van der Waals surface area contributed by atoms with Crippen LogP contribution in [0.3, 0.4) is 0 Å². The van der Waals surface area contributed by atoms with Crippen molar-refractivity contribution in [3.63, 3.8) is 0 Å². The summed E-state index contributed by atoms with van der Waals surface area (Å²) in [5.74, 6) is 0.943. The minimum Gasteiger partial charge on any atom is -0.493 e. The molecule has 5 aromatic rings.